The third-order valence-corrected chi connectivity index (χ3v) is 3.46. The van der Waals surface area contributed by atoms with E-state index in [4.69, 9.17) is 4.74 Å². The van der Waals surface area contributed by atoms with E-state index in [0.29, 0.717) is 12.1 Å². The Labute approximate surface area is 101 Å². The number of ether oxygens (including phenoxy) is 1. The summed E-state index contributed by atoms with van der Waals surface area (Å²) in [5.41, 5.74) is 0. The molecular formula is C14H29NO. The third kappa shape index (κ3) is 6.49. The maximum Gasteiger partial charge on any atom is 0.0575 e. The fourth-order valence-corrected chi connectivity index (χ4v) is 2.34. The van der Waals surface area contributed by atoms with E-state index in [1.54, 1.807) is 0 Å². The summed E-state index contributed by atoms with van der Waals surface area (Å²) in [7, 11) is 0. The topological polar surface area (TPSA) is 21.3 Å². The van der Waals surface area contributed by atoms with Crippen molar-refractivity contribution in [3.05, 3.63) is 0 Å². The molecule has 1 atom stereocenters. The van der Waals surface area contributed by atoms with Crippen LogP contribution < -0.4 is 5.32 Å². The normalized spacial score (nSPS) is 19.1. The summed E-state index contributed by atoms with van der Waals surface area (Å²) in [6.45, 7) is 6.59. The average Bonchev–Trinajstić information content (AvgIpc) is 2.79. The highest BCUT2D eigenvalue weighted by molar-refractivity contribution is 4.67. The second-order valence-electron chi connectivity index (χ2n) is 5.13. The summed E-state index contributed by atoms with van der Waals surface area (Å²) < 4.78 is 5.83. The molecule has 1 rings (SSSR count). The Hall–Kier alpha value is -0.0800. The van der Waals surface area contributed by atoms with Gasteiger partial charge >= 0.3 is 0 Å². The van der Waals surface area contributed by atoms with Crippen molar-refractivity contribution in [3.63, 3.8) is 0 Å². The van der Waals surface area contributed by atoms with Gasteiger partial charge in [-0.2, -0.15) is 0 Å². The zero-order chi connectivity index (χ0) is 11.6. The van der Waals surface area contributed by atoms with Crippen LogP contribution in [0.5, 0.6) is 0 Å². The molecule has 0 amide bonds. The van der Waals surface area contributed by atoms with Crippen LogP contribution >= 0.6 is 0 Å². The molecule has 0 aromatic carbocycles. The van der Waals surface area contributed by atoms with E-state index in [0.717, 1.165) is 19.6 Å². The van der Waals surface area contributed by atoms with Crippen LogP contribution in [-0.2, 0) is 4.74 Å². The second-order valence-corrected chi connectivity index (χ2v) is 5.13. The van der Waals surface area contributed by atoms with E-state index in [-0.39, 0.29) is 0 Å². The number of rotatable bonds is 9. The first-order chi connectivity index (χ1) is 7.83. The molecule has 1 fully saturated rings. The predicted molar refractivity (Wildman–Crippen MR) is 69.8 cm³/mol. The molecule has 96 valence electrons. The molecule has 1 N–H and O–H groups in total. The lowest BCUT2D eigenvalue weighted by atomic mass is 10.1. The van der Waals surface area contributed by atoms with Crippen molar-refractivity contribution in [2.75, 3.05) is 13.2 Å². The average molecular weight is 227 g/mol. The first-order valence-electron chi connectivity index (χ1n) is 7.18. The van der Waals surface area contributed by atoms with Crippen molar-refractivity contribution in [1.29, 1.82) is 0 Å². The largest absolute Gasteiger partial charge is 0.378 e. The molecule has 0 aromatic heterocycles. The van der Waals surface area contributed by atoms with Gasteiger partial charge in [-0.15, -0.1) is 0 Å². The maximum atomic E-state index is 5.83. The van der Waals surface area contributed by atoms with E-state index in [1.165, 1.54) is 44.9 Å². The molecule has 0 bridgehead atoms. The van der Waals surface area contributed by atoms with Crippen molar-refractivity contribution in [2.45, 2.75) is 77.4 Å². The van der Waals surface area contributed by atoms with Gasteiger partial charge in [-0.25, -0.2) is 0 Å². The Balaban J connectivity index is 1.83. The molecule has 2 nitrogen and oxygen atoms in total. The monoisotopic (exact) mass is 227 g/mol. The fourth-order valence-electron chi connectivity index (χ4n) is 2.34. The number of nitrogens with one attached hydrogen (secondary N) is 1. The Bertz CT molecular complexity index is 155. The lowest BCUT2D eigenvalue weighted by molar-refractivity contribution is 0.0566. The van der Waals surface area contributed by atoms with Crippen molar-refractivity contribution in [3.8, 4) is 0 Å². The molecular weight excluding hydrogens is 198 g/mol. The highest BCUT2D eigenvalue weighted by Crippen LogP contribution is 2.20. The molecule has 1 saturated carbocycles. The quantitative estimate of drug-likeness (QED) is 0.609. The highest BCUT2D eigenvalue weighted by atomic mass is 16.5. The molecule has 2 heteroatoms. The third-order valence-electron chi connectivity index (χ3n) is 3.46. The first kappa shape index (κ1) is 14.0. The fraction of sp³-hybridized carbons (Fsp3) is 1.00. The molecule has 1 aliphatic carbocycles. The number of hydrogen-bond donors (Lipinski definition) is 1. The van der Waals surface area contributed by atoms with Crippen LogP contribution in [0.1, 0.15) is 65.2 Å². The van der Waals surface area contributed by atoms with Crippen LogP contribution in [0, 0.1) is 0 Å². The predicted octanol–water partition coefficient (Wildman–Crippen LogP) is 3.50. The van der Waals surface area contributed by atoms with Gasteiger partial charge in [0.1, 0.15) is 0 Å². The minimum atomic E-state index is 0.581. The van der Waals surface area contributed by atoms with Crippen molar-refractivity contribution in [1.82, 2.24) is 5.32 Å². The minimum absolute atomic E-state index is 0.581. The molecule has 1 aliphatic rings. The maximum absolute atomic E-state index is 5.83. The van der Waals surface area contributed by atoms with Gasteiger partial charge in [-0.3, -0.25) is 0 Å². The van der Waals surface area contributed by atoms with E-state index in [9.17, 15) is 0 Å². The molecule has 0 radical (unpaired) electrons. The molecule has 0 saturated heterocycles. The number of unbranched alkanes of at least 4 members (excludes halogenated alkanes) is 1. The van der Waals surface area contributed by atoms with Crippen molar-refractivity contribution >= 4 is 0 Å². The van der Waals surface area contributed by atoms with Crippen LogP contribution in [0.15, 0.2) is 0 Å². The van der Waals surface area contributed by atoms with Gasteiger partial charge in [-0.1, -0.05) is 32.6 Å². The zero-order valence-corrected chi connectivity index (χ0v) is 11.1. The summed E-state index contributed by atoms with van der Waals surface area (Å²) in [4.78, 5) is 0. The van der Waals surface area contributed by atoms with Crippen LogP contribution in [-0.4, -0.2) is 25.3 Å². The van der Waals surface area contributed by atoms with Gasteiger partial charge in [0.25, 0.3) is 0 Å². The SMILES string of the molecule is CCCCC(C)NCCCOC1CCCC1. The summed E-state index contributed by atoms with van der Waals surface area (Å²) in [5.74, 6) is 0. The molecule has 0 heterocycles. The van der Waals surface area contributed by atoms with Crippen molar-refractivity contribution in [2.24, 2.45) is 0 Å². The van der Waals surface area contributed by atoms with Crippen molar-refractivity contribution < 1.29 is 4.74 Å². The van der Waals surface area contributed by atoms with Gasteiger partial charge in [0, 0.05) is 12.6 Å². The van der Waals surface area contributed by atoms with Crippen LogP contribution in [0.2, 0.25) is 0 Å². The first-order valence-corrected chi connectivity index (χ1v) is 7.18. The van der Waals surface area contributed by atoms with Crippen LogP contribution in [0.4, 0.5) is 0 Å². The van der Waals surface area contributed by atoms with Gasteiger partial charge in [0.05, 0.1) is 6.10 Å². The van der Waals surface area contributed by atoms with Gasteiger partial charge in [0.15, 0.2) is 0 Å². The summed E-state index contributed by atoms with van der Waals surface area (Å²) in [5, 5.41) is 3.56. The lowest BCUT2D eigenvalue weighted by Crippen LogP contribution is -2.27. The molecule has 0 aliphatic heterocycles. The Kier molecular flexibility index (Phi) is 7.87. The lowest BCUT2D eigenvalue weighted by Gasteiger charge is -2.14. The Morgan fingerprint density at radius 3 is 2.69 bits per heavy atom. The minimum Gasteiger partial charge on any atom is -0.378 e. The van der Waals surface area contributed by atoms with Crippen LogP contribution in [0.3, 0.4) is 0 Å². The van der Waals surface area contributed by atoms with E-state index in [2.05, 4.69) is 19.2 Å². The van der Waals surface area contributed by atoms with E-state index < -0.39 is 0 Å². The van der Waals surface area contributed by atoms with Gasteiger partial charge in [0.2, 0.25) is 0 Å². The zero-order valence-electron chi connectivity index (χ0n) is 11.1. The summed E-state index contributed by atoms with van der Waals surface area (Å²) in [6, 6.07) is 0.673. The van der Waals surface area contributed by atoms with E-state index >= 15 is 0 Å². The molecule has 0 aromatic rings. The smallest absolute Gasteiger partial charge is 0.0575 e. The van der Waals surface area contributed by atoms with Gasteiger partial charge < -0.3 is 10.1 Å². The molecule has 1 unspecified atom stereocenters. The molecule has 16 heavy (non-hydrogen) atoms. The second kappa shape index (κ2) is 9.00. The Morgan fingerprint density at radius 1 is 1.25 bits per heavy atom. The van der Waals surface area contributed by atoms with Gasteiger partial charge in [-0.05, 0) is 39.2 Å². The molecule has 0 spiro atoms. The number of hydrogen-bond acceptors (Lipinski definition) is 2. The summed E-state index contributed by atoms with van der Waals surface area (Å²) in [6.07, 6.45) is 11.0. The highest BCUT2D eigenvalue weighted by Gasteiger charge is 2.14. The Morgan fingerprint density at radius 2 is 2.00 bits per heavy atom. The summed E-state index contributed by atoms with van der Waals surface area (Å²) >= 11 is 0. The van der Waals surface area contributed by atoms with Crippen LogP contribution in [0.25, 0.3) is 0 Å². The standard InChI is InChI=1S/C14H29NO/c1-3-4-8-13(2)15-11-7-12-16-14-9-5-6-10-14/h13-15H,3-12H2,1-2H3. The van der Waals surface area contributed by atoms with E-state index in [1.807, 2.05) is 0 Å².